The average Bonchev–Trinajstić information content (AvgIpc) is 2.20. The highest BCUT2D eigenvalue weighted by molar-refractivity contribution is 9.10. The van der Waals surface area contributed by atoms with Crippen LogP contribution in [0.2, 0.25) is 0 Å². The molecule has 0 aliphatic rings. The van der Waals surface area contributed by atoms with Gasteiger partial charge in [-0.15, -0.1) is 0 Å². The molecule has 1 aromatic rings. The number of halogens is 1. The topological polar surface area (TPSA) is 12.0 Å². The zero-order valence-electron chi connectivity index (χ0n) is 11.4. The summed E-state index contributed by atoms with van der Waals surface area (Å²) in [7, 11) is 0. The van der Waals surface area contributed by atoms with Gasteiger partial charge in [-0.3, -0.25) is 0 Å². The van der Waals surface area contributed by atoms with E-state index in [-0.39, 0.29) is 0 Å². The van der Waals surface area contributed by atoms with Crippen molar-refractivity contribution in [2.24, 2.45) is 5.41 Å². The van der Waals surface area contributed by atoms with Gasteiger partial charge in [-0.1, -0.05) is 55.8 Å². The Labute approximate surface area is 114 Å². The van der Waals surface area contributed by atoms with Crippen LogP contribution in [-0.2, 0) is 6.42 Å². The molecule has 0 amide bonds. The van der Waals surface area contributed by atoms with E-state index in [1.165, 1.54) is 12.0 Å². The van der Waals surface area contributed by atoms with Crippen LogP contribution in [0.3, 0.4) is 0 Å². The smallest absolute Gasteiger partial charge is 0.0175 e. The largest absolute Gasteiger partial charge is 0.315 e. The van der Waals surface area contributed by atoms with E-state index in [1.54, 1.807) is 0 Å². The highest BCUT2D eigenvalue weighted by Crippen LogP contribution is 2.26. The molecule has 96 valence electrons. The predicted molar refractivity (Wildman–Crippen MR) is 79.4 cm³/mol. The highest BCUT2D eigenvalue weighted by Gasteiger charge is 2.18. The van der Waals surface area contributed by atoms with Gasteiger partial charge >= 0.3 is 0 Å². The van der Waals surface area contributed by atoms with E-state index in [1.807, 2.05) is 0 Å². The minimum atomic E-state index is 0.357. The molecule has 0 aromatic heterocycles. The molecule has 0 spiro atoms. The Bertz CT molecular complexity index is 327. The second-order valence-electron chi connectivity index (χ2n) is 5.83. The monoisotopic (exact) mass is 297 g/mol. The van der Waals surface area contributed by atoms with Crippen LogP contribution < -0.4 is 5.32 Å². The third kappa shape index (κ3) is 6.23. The quantitative estimate of drug-likeness (QED) is 0.820. The molecule has 0 heterocycles. The summed E-state index contributed by atoms with van der Waals surface area (Å²) in [6.45, 7) is 10.2. The summed E-state index contributed by atoms with van der Waals surface area (Å²) in [5.41, 5.74) is 1.78. The van der Waals surface area contributed by atoms with Crippen molar-refractivity contribution in [1.29, 1.82) is 0 Å². The molecule has 1 N–H and O–H groups in total. The van der Waals surface area contributed by atoms with Crippen LogP contribution in [0.4, 0.5) is 0 Å². The van der Waals surface area contributed by atoms with Gasteiger partial charge in [-0.2, -0.15) is 0 Å². The summed E-state index contributed by atoms with van der Waals surface area (Å²) in [6, 6.07) is 9.25. The van der Waals surface area contributed by atoms with Crippen LogP contribution in [-0.4, -0.2) is 12.6 Å². The fourth-order valence-electron chi connectivity index (χ4n) is 1.94. The Hall–Kier alpha value is -0.340. The molecule has 17 heavy (non-hydrogen) atoms. The molecule has 0 saturated heterocycles. The first kappa shape index (κ1) is 14.7. The Morgan fingerprint density at radius 1 is 1.18 bits per heavy atom. The van der Waals surface area contributed by atoms with E-state index in [2.05, 4.69) is 73.2 Å². The van der Waals surface area contributed by atoms with Crippen LogP contribution in [0, 0.1) is 5.41 Å². The Balaban J connectivity index is 2.45. The van der Waals surface area contributed by atoms with E-state index in [0.717, 1.165) is 17.4 Å². The van der Waals surface area contributed by atoms with Crippen molar-refractivity contribution < 1.29 is 0 Å². The second-order valence-corrected chi connectivity index (χ2v) is 6.74. The van der Waals surface area contributed by atoms with Gasteiger partial charge in [-0.25, -0.2) is 0 Å². The summed E-state index contributed by atoms with van der Waals surface area (Å²) >= 11 is 3.47. The number of benzene rings is 1. The molecular formula is C15H24BrN. The molecule has 0 bridgehead atoms. The average molecular weight is 298 g/mol. The molecule has 2 heteroatoms. The lowest BCUT2D eigenvalue weighted by Gasteiger charge is -2.25. The maximum atomic E-state index is 3.49. The molecule has 0 atom stereocenters. The van der Waals surface area contributed by atoms with Crippen LogP contribution in [0.5, 0.6) is 0 Å². The summed E-state index contributed by atoms with van der Waals surface area (Å²) in [4.78, 5) is 0. The maximum absolute atomic E-state index is 3.49. The lowest BCUT2D eigenvalue weighted by atomic mass is 9.82. The maximum Gasteiger partial charge on any atom is 0.0175 e. The summed E-state index contributed by atoms with van der Waals surface area (Å²) < 4.78 is 1.15. The molecule has 0 radical (unpaired) electrons. The van der Waals surface area contributed by atoms with Crippen molar-refractivity contribution in [3.8, 4) is 0 Å². The first-order valence-corrected chi connectivity index (χ1v) is 7.16. The molecule has 1 rings (SSSR count). The van der Waals surface area contributed by atoms with Gasteiger partial charge in [0.1, 0.15) is 0 Å². The van der Waals surface area contributed by atoms with Crippen molar-refractivity contribution in [3.63, 3.8) is 0 Å². The van der Waals surface area contributed by atoms with E-state index < -0.39 is 0 Å². The van der Waals surface area contributed by atoms with Crippen molar-refractivity contribution >= 4 is 15.9 Å². The van der Waals surface area contributed by atoms with E-state index in [9.17, 15) is 0 Å². The third-order valence-corrected chi connectivity index (χ3v) is 3.48. The minimum absolute atomic E-state index is 0.357. The summed E-state index contributed by atoms with van der Waals surface area (Å²) in [5.74, 6) is 0. The van der Waals surface area contributed by atoms with Crippen LogP contribution in [0.15, 0.2) is 28.7 Å². The predicted octanol–water partition coefficient (Wildman–Crippen LogP) is 4.41. The normalized spacial score (nSPS) is 12.1. The van der Waals surface area contributed by atoms with Crippen molar-refractivity contribution in [2.75, 3.05) is 6.54 Å². The standard InChI is InChI=1S/C15H24BrN/c1-12(2)17-10-9-15(3,4)11-13-5-7-14(16)8-6-13/h5-8,12,17H,9-11H2,1-4H3. The third-order valence-electron chi connectivity index (χ3n) is 2.95. The first-order valence-electron chi connectivity index (χ1n) is 6.37. The lowest BCUT2D eigenvalue weighted by molar-refractivity contribution is 0.320. The zero-order valence-corrected chi connectivity index (χ0v) is 13.0. The van der Waals surface area contributed by atoms with E-state index >= 15 is 0 Å². The molecular weight excluding hydrogens is 274 g/mol. The van der Waals surface area contributed by atoms with Gasteiger partial charge in [0.15, 0.2) is 0 Å². The molecule has 0 aliphatic carbocycles. The zero-order chi connectivity index (χ0) is 12.9. The summed E-state index contributed by atoms with van der Waals surface area (Å²) in [6.07, 6.45) is 2.35. The van der Waals surface area contributed by atoms with Gasteiger partial charge in [-0.05, 0) is 42.5 Å². The fourth-order valence-corrected chi connectivity index (χ4v) is 2.21. The number of rotatable bonds is 6. The van der Waals surface area contributed by atoms with Gasteiger partial charge in [0.25, 0.3) is 0 Å². The van der Waals surface area contributed by atoms with E-state index in [4.69, 9.17) is 0 Å². The molecule has 0 aliphatic heterocycles. The minimum Gasteiger partial charge on any atom is -0.315 e. The molecule has 0 fully saturated rings. The fraction of sp³-hybridized carbons (Fsp3) is 0.600. The Kier molecular flexibility index (Phi) is 5.68. The Morgan fingerprint density at radius 2 is 1.76 bits per heavy atom. The van der Waals surface area contributed by atoms with Crippen LogP contribution >= 0.6 is 15.9 Å². The van der Waals surface area contributed by atoms with Gasteiger partial charge in [0.05, 0.1) is 0 Å². The van der Waals surface area contributed by atoms with Crippen molar-refractivity contribution in [2.45, 2.75) is 46.6 Å². The van der Waals surface area contributed by atoms with Gasteiger partial charge in [0, 0.05) is 10.5 Å². The second kappa shape index (κ2) is 6.55. The molecule has 0 unspecified atom stereocenters. The van der Waals surface area contributed by atoms with Crippen molar-refractivity contribution in [3.05, 3.63) is 34.3 Å². The highest BCUT2D eigenvalue weighted by atomic mass is 79.9. The number of hydrogen-bond donors (Lipinski definition) is 1. The Morgan fingerprint density at radius 3 is 2.29 bits per heavy atom. The van der Waals surface area contributed by atoms with E-state index in [0.29, 0.717) is 11.5 Å². The molecule has 0 saturated carbocycles. The lowest BCUT2D eigenvalue weighted by Crippen LogP contribution is -2.28. The van der Waals surface area contributed by atoms with Crippen LogP contribution in [0.1, 0.15) is 39.7 Å². The SMILES string of the molecule is CC(C)NCCC(C)(C)Cc1ccc(Br)cc1. The number of nitrogens with one attached hydrogen (secondary N) is 1. The molecule has 1 nitrogen and oxygen atoms in total. The van der Waals surface area contributed by atoms with Gasteiger partial charge < -0.3 is 5.32 Å². The van der Waals surface area contributed by atoms with Crippen LogP contribution in [0.25, 0.3) is 0 Å². The van der Waals surface area contributed by atoms with Crippen molar-refractivity contribution in [1.82, 2.24) is 5.32 Å². The van der Waals surface area contributed by atoms with Gasteiger partial charge in [0.2, 0.25) is 0 Å². The first-order chi connectivity index (χ1) is 7.89. The summed E-state index contributed by atoms with van der Waals surface area (Å²) in [5, 5.41) is 3.49. The number of hydrogen-bond acceptors (Lipinski definition) is 1. The molecule has 1 aromatic carbocycles.